The van der Waals surface area contributed by atoms with E-state index in [0.29, 0.717) is 17.1 Å². The van der Waals surface area contributed by atoms with Crippen LogP contribution in [0.1, 0.15) is 60.4 Å². The van der Waals surface area contributed by atoms with Crippen molar-refractivity contribution in [1.29, 1.82) is 0 Å². The van der Waals surface area contributed by atoms with Crippen LogP contribution in [0.4, 0.5) is 17.2 Å². The molecule has 5 rings (SSSR count). The number of nitrogens with one attached hydrogen (secondary N) is 4. The summed E-state index contributed by atoms with van der Waals surface area (Å²) in [5, 5.41) is 13.0. The number of thiazole rings is 1. The molecule has 1 aliphatic carbocycles. The van der Waals surface area contributed by atoms with Crippen LogP contribution in [0.15, 0.2) is 60.4 Å². The van der Waals surface area contributed by atoms with Gasteiger partial charge in [-0.2, -0.15) is 0 Å². The molecule has 0 aliphatic heterocycles. The summed E-state index contributed by atoms with van der Waals surface area (Å²) in [6.45, 7) is 4.07. The Bertz CT molecular complexity index is 1420. The van der Waals surface area contributed by atoms with Crippen LogP contribution in [-0.4, -0.2) is 44.9 Å². The number of rotatable bonds is 8. The van der Waals surface area contributed by atoms with Gasteiger partial charge in [0.15, 0.2) is 0 Å². The average Bonchev–Trinajstić information content (AvgIpc) is 3.38. The van der Waals surface area contributed by atoms with Gasteiger partial charge in [-0.25, -0.2) is 9.97 Å². The van der Waals surface area contributed by atoms with Crippen molar-refractivity contribution in [1.82, 2.24) is 25.6 Å². The van der Waals surface area contributed by atoms with Gasteiger partial charge in [-0.05, 0) is 69.9 Å². The third kappa shape index (κ3) is 6.25. The summed E-state index contributed by atoms with van der Waals surface area (Å²) in [5.41, 5.74) is 5.36. The van der Waals surface area contributed by atoms with Crippen LogP contribution in [0.25, 0.3) is 10.2 Å². The Morgan fingerprint density at radius 3 is 2.39 bits per heavy atom. The number of hydrogen-bond acceptors (Lipinski definition) is 8. The van der Waals surface area contributed by atoms with Gasteiger partial charge in [-0.15, -0.1) is 11.3 Å². The zero-order chi connectivity index (χ0) is 26.5. The Labute approximate surface area is 225 Å². The number of nitrogens with zero attached hydrogens (tertiary/aromatic N) is 3. The van der Waals surface area contributed by atoms with Gasteiger partial charge in [0.1, 0.15) is 11.5 Å². The molecule has 2 amide bonds. The van der Waals surface area contributed by atoms with Crippen molar-refractivity contribution in [3.63, 3.8) is 0 Å². The van der Waals surface area contributed by atoms with E-state index in [0.717, 1.165) is 47.3 Å². The van der Waals surface area contributed by atoms with E-state index in [1.54, 1.807) is 41.9 Å². The fourth-order valence-electron chi connectivity index (χ4n) is 4.62. The molecule has 0 unspecified atom stereocenters. The molecule has 9 nitrogen and oxygen atoms in total. The minimum Gasteiger partial charge on any atom is -0.382 e. The van der Waals surface area contributed by atoms with Crippen LogP contribution < -0.4 is 21.3 Å². The molecule has 1 aliphatic rings. The van der Waals surface area contributed by atoms with Gasteiger partial charge in [0.25, 0.3) is 11.8 Å². The Morgan fingerprint density at radius 1 is 0.921 bits per heavy atom. The third-order valence-electron chi connectivity index (χ3n) is 6.49. The first-order valence-corrected chi connectivity index (χ1v) is 13.7. The second-order valence-electron chi connectivity index (χ2n) is 9.78. The van der Waals surface area contributed by atoms with Crippen molar-refractivity contribution < 1.29 is 9.59 Å². The minimum absolute atomic E-state index is 0.0429. The van der Waals surface area contributed by atoms with E-state index in [2.05, 4.69) is 36.2 Å². The van der Waals surface area contributed by atoms with Crippen LogP contribution in [0.3, 0.4) is 0 Å². The second kappa shape index (κ2) is 11.6. The number of fused-ring (bicyclic) bond motifs is 1. The topological polar surface area (TPSA) is 121 Å². The molecule has 1 fully saturated rings. The van der Waals surface area contributed by atoms with E-state index < -0.39 is 0 Å². The molecule has 4 N–H and O–H groups in total. The molecule has 1 saturated carbocycles. The predicted molar refractivity (Wildman–Crippen MR) is 151 cm³/mol. The van der Waals surface area contributed by atoms with Crippen molar-refractivity contribution in [2.45, 2.75) is 57.7 Å². The normalized spacial score (nSPS) is 17.2. The summed E-state index contributed by atoms with van der Waals surface area (Å²) in [6.07, 6.45) is 6.41. The van der Waals surface area contributed by atoms with Crippen LogP contribution in [0, 0.1) is 0 Å². The summed E-state index contributed by atoms with van der Waals surface area (Å²) >= 11 is 1.59. The standard InChI is InChI=1S/C28H31N7O2S/c1-17(2)32-24-14-26(33-20-10-11-22-25(13-20)38-16-31-22)30-15-21(24)27(36)34-18-6-8-19(9-7-18)35-28(37)23-5-3-4-12-29-23/h3-5,10-19H,6-9H2,1-2H3,(H,34,36)(H,35,37)(H2,30,32,33). The van der Waals surface area contributed by atoms with Crippen molar-refractivity contribution in [3.8, 4) is 0 Å². The van der Waals surface area contributed by atoms with E-state index in [9.17, 15) is 9.59 Å². The van der Waals surface area contributed by atoms with E-state index in [4.69, 9.17) is 0 Å². The predicted octanol–water partition coefficient (Wildman–Crippen LogP) is 5.12. The fourth-order valence-corrected chi connectivity index (χ4v) is 5.33. The number of pyridine rings is 2. The number of carbonyl (C=O) groups is 2. The third-order valence-corrected chi connectivity index (χ3v) is 7.28. The van der Waals surface area contributed by atoms with E-state index in [-0.39, 0.29) is 29.9 Å². The lowest BCUT2D eigenvalue weighted by molar-refractivity contribution is 0.0889. The summed E-state index contributed by atoms with van der Waals surface area (Å²) in [5.74, 6) is 0.339. The molecular weight excluding hydrogens is 498 g/mol. The molecular formula is C28H31N7O2S. The maximum absolute atomic E-state index is 13.3. The Hall–Kier alpha value is -4.05. The fraction of sp³-hybridized carbons (Fsp3) is 0.321. The molecule has 0 atom stereocenters. The first-order valence-electron chi connectivity index (χ1n) is 12.8. The van der Waals surface area contributed by atoms with Gasteiger partial charge < -0.3 is 21.3 Å². The van der Waals surface area contributed by atoms with Crippen LogP contribution in [0.5, 0.6) is 0 Å². The molecule has 0 saturated heterocycles. The Morgan fingerprint density at radius 2 is 1.68 bits per heavy atom. The highest BCUT2D eigenvalue weighted by Gasteiger charge is 2.25. The highest BCUT2D eigenvalue weighted by Crippen LogP contribution is 2.27. The summed E-state index contributed by atoms with van der Waals surface area (Å²) < 4.78 is 1.09. The molecule has 3 aromatic heterocycles. The maximum atomic E-state index is 13.3. The monoisotopic (exact) mass is 529 g/mol. The minimum atomic E-state index is -0.158. The van der Waals surface area contributed by atoms with E-state index >= 15 is 0 Å². The molecule has 4 aromatic rings. The first kappa shape index (κ1) is 25.6. The average molecular weight is 530 g/mol. The second-order valence-corrected chi connectivity index (χ2v) is 10.7. The highest BCUT2D eigenvalue weighted by atomic mass is 32.1. The zero-order valence-electron chi connectivity index (χ0n) is 21.4. The van der Waals surface area contributed by atoms with Crippen LogP contribution in [0.2, 0.25) is 0 Å². The molecule has 1 aromatic carbocycles. The Kier molecular flexibility index (Phi) is 7.78. The van der Waals surface area contributed by atoms with Gasteiger partial charge in [0.05, 0.1) is 27.0 Å². The number of aromatic nitrogens is 3. The van der Waals surface area contributed by atoms with Crippen molar-refractivity contribution in [2.24, 2.45) is 0 Å². The molecule has 38 heavy (non-hydrogen) atoms. The Balaban J connectivity index is 1.20. The SMILES string of the molecule is CC(C)Nc1cc(Nc2ccc3ncsc3c2)ncc1C(=O)NC1CCC(NC(=O)c2ccccn2)CC1. The van der Waals surface area contributed by atoms with Gasteiger partial charge in [0, 0.05) is 42.3 Å². The number of amides is 2. The van der Waals surface area contributed by atoms with E-state index in [1.807, 2.05) is 43.6 Å². The van der Waals surface area contributed by atoms with Gasteiger partial charge in [-0.3, -0.25) is 14.6 Å². The molecule has 3 heterocycles. The smallest absolute Gasteiger partial charge is 0.270 e. The highest BCUT2D eigenvalue weighted by molar-refractivity contribution is 7.16. The molecule has 10 heteroatoms. The summed E-state index contributed by atoms with van der Waals surface area (Å²) in [7, 11) is 0. The van der Waals surface area contributed by atoms with Crippen molar-refractivity contribution in [2.75, 3.05) is 10.6 Å². The number of hydrogen-bond donors (Lipinski definition) is 4. The lowest BCUT2D eigenvalue weighted by Gasteiger charge is -2.30. The number of benzene rings is 1. The summed E-state index contributed by atoms with van der Waals surface area (Å²) in [6, 6.07) is 13.4. The summed E-state index contributed by atoms with van der Waals surface area (Å²) in [4.78, 5) is 38.6. The zero-order valence-corrected chi connectivity index (χ0v) is 22.2. The number of anilines is 3. The van der Waals surface area contributed by atoms with Gasteiger partial charge in [0.2, 0.25) is 0 Å². The molecule has 196 valence electrons. The van der Waals surface area contributed by atoms with E-state index in [1.165, 1.54) is 0 Å². The molecule has 0 bridgehead atoms. The van der Waals surface area contributed by atoms with Crippen LogP contribution in [-0.2, 0) is 0 Å². The van der Waals surface area contributed by atoms with Crippen molar-refractivity contribution >= 4 is 50.6 Å². The van der Waals surface area contributed by atoms with Crippen molar-refractivity contribution in [3.05, 3.63) is 71.6 Å². The largest absolute Gasteiger partial charge is 0.382 e. The molecule has 0 spiro atoms. The van der Waals surface area contributed by atoms with Gasteiger partial charge in [-0.1, -0.05) is 6.07 Å². The number of carbonyl (C=O) groups excluding carboxylic acids is 2. The van der Waals surface area contributed by atoms with Crippen LogP contribution >= 0.6 is 11.3 Å². The lowest BCUT2D eigenvalue weighted by Crippen LogP contribution is -2.44. The molecule has 0 radical (unpaired) electrons. The first-order chi connectivity index (χ1) is 18.4. The quantitative estimate of drug-likeness (QED) is 0.250. The maximum Gasteiger partial charge on any atom is 0.270 e. The van der Waals surface area contributed by atoms with Gasteiger partial charge >= 0.3 is 0 Å². The lowest BCUT2D eigenvalue weighted by atomic mass is 9.91.